The van der Waals surface area contributed by atoms with Gasteiger partial charge < -0.3 is 20.0 Å². The van der Waals surface area contributed by atoms with Gasteiger partial charge in [0.2, 0.25) is 0 Å². The van der Waals surface area contributed by atoms with Gasteiger partial charge in [-0.25, -0.2) is 4.98 Å². The zero-order valence-electron chi connectivity index (χ0n) is 7.69. The molecular weight excluding hydrogens is 225 g/mol. The van der Waals surface area contributed by atoms with Gasteiger partial charge in [0.15, 0.2) is 5.82 Å². The number of aliphatic hydroxyl groups excluding tert-OH is 2. The minimum Gasteiger partial charge on any atom is -0.390 e. The van der Waals surface area contributed by atoms with E-state index < -0.39 is 26.0 Å². The average Bonchev–Trinajstić information content (AvgIpc) is 2.64. The minimum atomic E-state index is -4.15. The molecule has 0 aliphatic heterocycles. The van der Waals surface area contributed by atoms with Gasteiger partial charge in [0.25, 0.3) is 0 Å². The van der Waals surface area contributed by atoms with Gasteiger partial charge in [-0.1, -0.05) is 0 Å². The Morgan fingerprint density at radius 3 is 2.60 bits per heavy atom. The summed E-state index contributed by atoms with van der Waals surface area (Å²) in [6, 6.07) is 0. The van der Waals surface area contributed by atoms with E-state index in [-0.39, 0.29) is 12.2 Å². The molecular formula is C6H12N3O5P. The van der Waals surface area contributed by atoms with Gasteiger partial charge in [0.1, 0.15) is 12.4 Å². The van der Waals surface area contributed by atoms with Crippen LogP contribution in [-0.4, -0.2) is 47.4 Å². The Morgan fingerprint density at radius 2 is 2.13 bits per heavy atom. The van der Waals surface area contributed by atoms with Gasteiger partial charge >= 0.3 is 7.60 Å². The molecule has 0 bridgehead atoms. The summed E-state index contributed by atoms with van der Waals surface area (Å²) in [5, 5.41) is 24.6. The highest BCUT2D eigenvalue weighted by Gasteiger charge is 2.24. The number of hydrogen-bond acceptors (Lipinski definition) is 5. The number of hydrogen-bond donors (Lipinski definition) is 5. The van der Waals surface area contributed by atoms with Crippen molar-refractivity contribution < 1.29 is 24.6 Å². The molecule has 1 aromatic heterocycles. The average molecular weight is 237 g/mol. The Labute approximate surface area is 85.1 Å². The predicted molar refractivity (Wildman–Crippen MR) is 48.9 cm³/mol. The molecule has 1 aromatic rings. The molecule has 15 heavy (non-hydrogen) atoms. The lowest BCUT2D eigenvalue weighted by molar-refractivity contribution is 0.0112. The molecule has 0 spiro atoms. The maximum Gasteiger partial charge on any atom is 0.325 e. The van der Waals surface area contributed by atoms with Crippen LogP contribution in [0.1, 0.15) is 18.3 Å². The second-order valence-corrected chi connectivity index (χ2v) is 4.84. The molecule has 0 saturated heterocycles. The molecule has 0 aliphatic carbocycles. The predicted octanol–water partition coefficient (Wildman–Crippen LogP) is -1.23. The van der Waals surface area contributed by atoms with E-state index >= 15 is 0 Å². The number of aromatic nitrogens is 3. The molecule has 1 heterocycles. The van der Waals surface area contributed by atoms with Crippen LogP contribution >= 0.6 is 7.60 Å². The largest absolute Gasteiger partial charge is 0.390 e. The SMILES string of the molecule is O=P(O)(O)CC[C@@H](O)[C@H](O)c1ncn[nH]1. The third-order valence-electron chi connectivity index (χ3n) is 1.79. The maximum absolute atomic E-state index is 10.5. The lowest BCUT2D eigenvalue weighted by Gasteiger charge is -2.15. The summed E-state index contributed by atoms with van der Waals surface area (Å²) in [5.74, 6) is 0.0632. The normalized spacial score (nSPS) is 16.3. The fourth-order valence-corrected chi connectivity index (χ4v) is 1.60. The van der Waals surface area contributed by atoms with Crippen LogP contribution in [0.25, 0.3) is 0 Å². The van der Waals surface area contributed by atoms with E-state index in [9.17, 15) is 14.8 Å². The van der Waals surface area contributed by atoms with E-state index in [2.05, 4.69) is 15.2 Å². The Kier molecular flexibility index (Phi) is 3.95. The standard InChI is InChI=1S/C6H12N3O5P/c10-4(1-2-15(12,13)14)5(11)6-7-3-8-9-6/h3-5,10-11H,1-2H2,(H,7,8,9)(H2,12,13,14)/t4-,5+/m1/s1. The van der Waals surface area contributed by atoms with Crippen molar-refractivity contribution in [1.29, 1.82) is 0 Å². The van der Waals surface area contributed by atoms with Crippen LogP contribution in [0.5, 0.6) is 0 Å². The smallest absolute Gasteiger partial charge is 0.325 e. The van der Waals surface area contributed by atoms with Crippen molar-refractivity contribution in [3.63, 3.8) is 0 Å². The minimum absolute atomic E-state index is 0.0632. The first kappa shape index (κ1) is 12.3. The van der Waals surface area contributed by atoms with Gasteiger partial charge in [0, 0.05) is 0 Å². The van der Waals surface area contributed by atoms with Crippen LogP contribution in [0, 0.1) is 0 Å². The molecule has 2 atom stereocenters. The van der Waals surface area contributed by atoms with E-state index in [0.717, 1.165) is 6.33 Å². The van der Waals surface area contributed by atoms with Crippen molar-refractivity contribution in [2.24, 2.45) is 0 Å². The second-order valence-electron chi connectivity index (χ2n) is 3.06. The van der Waals surface area contributed by atoms with Gasteiger partial charge in [-0.2, -0.15) is 5.10 Å². The summed E-state index contributed by atoms with van der Waals surface area (Å²) in [5.41, 5.74) is 0. The topological polar surface area (TPSA) is 140 Å². The van der Waals surface area contributed by atoms with Gasteiger partial charge in [-0.05, 0) is 6.42 Å². The van der Waals surface area contributed by atoms with E-state index in [1.807, 2.05) is 0 Å². The summed E-state index contributed by atoms with van der Waals surface area (Å²) in [7, 11) is -4.15. The molecule has 0 aliphatic rings. The van der Waals surface area contributed by atoms with Crippen molar-refractivity contribution >= 4 is 7.60 Å². The van der Waals surface area contributed by atoms with Crippen molar-refractivity contribution in [2.75, 3.05) is 6.16 Å². The van der Waals surface area contributed by atoms with Crippen LogP contribution in [0.2, 0.25) is 0 Å². The van der Waals surface area contributed by atoms with Crippen LogP contribution < -0.4 is 0 Å². The summed E-state index contributed by atoms with van der Waals surface area (Å²) < 4.78 is 10.5. The summed E-state index contributed by atoms with van der Waals surface area (Å²) in [6.07, 6.45) is -2.15. The Morgan fingerprint density at radius 1 is 1.47 bits per heavy atom. The third kappa shape index (κ3) is 4.06. The monoisotopic (exact) mass is 237 g/mol. The number of nitrogens with zero attached hydrogens (tertiary/aromatic N) is 2. The number of H-pyrrole nitrogens is 1. The van der Waals surface area contributed by atoms with E-state index in [4.69, 9.17) is 9.79 Å². The lowest BCUT2D eigenvalue weighted by atomic mass is 10.1. The van der Waals surface area contributed by atoms with Gasteiger partial charge in [-0.15, -0.1) is 0 Å². The highest BCUT2D eigenvalue weighted by molar-refractivity contribution is 7.51. The number of nitrogens with one attached hydrogen (secondary N) is 1. The van der Waals surface area contributed by atoms with Gasteiger partial charge in [-0.3, -0.25) is 9.66 Å². The molecule has 9 heteroatoms. The van der Waals surface area contributed by atoms with Crippen LogP contribution in [0.3, 0.4) is 0 Å². The summed E-state index contributed by atoms with van der Waals surface area (Å²) in [4.78, 5) is 20.7. The third-order valence-corrected chi connectivity index (χ3v) is 2.64. The first-order valence-electron chi connectivity index (χ1n) is 4.16. The molecule has 0 unspecified atom stereocenters. The number of rotatable bonds is 5. The molecule has 0 aromatic carbocycles. The van der Waals surface area contributed by atoms with Crippen molar-refractivity contribution in [2.45, 2.75) is 18.6 Å². The summed E-state index contributed by atoms with van der Waals surface area (Å²) in [6.45, 7) is 0. The first-order chi connectivity index (χ1) is 6.90. The van der Waals surface area contributed by atoms with Crippen molar-refractivity contribution in [3.8, 4) is 0 Å². The highest BCUT2D eigenvalue weighted by atomic mass is 31.2. The quantitative estimate of drug-likeness (QED) is 0.404. The van der Waals surface area contributed by atoms with Crippen molar-refractivity contribution in [1.82, 2.24) is 15.2 Å². The molecule has 1 rings (SSSR count). The first-order valence-corrected chi connectivity index (χ1v) is 5.96. The number of aliphatic hydroxyl groups is 2. The zero-order chi connectivity index (χ0) is 11.5. The van der Waals surface area contributed by atoms with Crippen molar-refractivity contribution in [3.05, 3.63) is 12.2 Å². The molecule has 0 fully saturated rings. The lowest BCUT2D eigenvalue weighted by Crippen LogP contribution is -2.20. The van der Waals surface area contributed by atoms with E-state index in [1.54, 1.807) is 0 Å². The molecule has 86 valence electrons. The highest BCUT2D eigenvalue weighted by Crippen LogP contribution is 2.36. The maximum atomic E-state index is 10.5. The second kappa shape index (κ2) is 4.82. The van der Waals surface area contributed by atoms with Crippen LogP contribution in [0.15, 0.2) is 6.33 Å². The Hall–Kier alpha value is -0.790. The zero-order valence-corrected chi connectivity index (χ0v) is 8.58. The van der Waals surface area contributed by atoms with Crippen LogP contribution in [0.4, 0.5) is 0 Å². The molecule has 8 nitrogen and oxygen atoms in total. The molecule has 5 N–H and O–H groups in total. The number of aromatic amines is 1. The van der Waals surface area contributed by atoms with E-state index in [0.29, 0.717) is 0 Å². The van der Waals surface area contributed by atoms with Gasteiger partial charge in [0.05, 0.1) is 12.3 Å². The molecule has 0 saturated carbocycles. The van der Waals surface area contributed by atoms with E-state index in [1.165, 1.54) is 0 Å². The fourth-order valence-electron chi connectivity index (χ4n) is 0.998. The fraction of sp³-hybridized carbons (Fsp3) is 0.667. The Bertz CT molecular complexity index is 337. The summed E-state index contributed by atoms with van der Waals surface area (Å²) >= 11 is 0. The molecule has 0 amide bonds. The van der Waals surface area contributed by atoms with Crippen LogP contribution in [-0.2, 0) is 4.57 Å². The molecule has 0 radical (unpaired) electrons. The Balaban J connectivity index is 2.47.